The minimum Gasteiger partial charge on any atom is -0.456 e. The molecule has 51 heavy (non-hydrogen) atoms. The summed E-state index contributed by atoms with van der Waals surface area (Å²) in [5, 5.41) is 4.76. The Balaban J connectivity index is 1.11. The summed E-state index contributed by atoms with van der Waals surface area (Å²) in [5.74, 6) is 2.40. The molecule has 10 rings (SSSR count). The molecule has 0 spiro atoms. The zero-order valence-corrected chi connectivity index (χ0v) is 27.6. The van der Waals surface area contributed by atoms with Crippen molar-refractivity contribution in [3.8, 4) is 78.8 Å². The Bertz CT molecular complexity index is 2770. The zero-order valence-electron chi connectivity index (χ0n) is 27.6. The molecular weight excluding hydrogens is 621 g/mol. The van der Waals surface area contributed by atoms with Crippen molar-refractivity contribution >= 4 is 21.5 Å². The number of benzene rings is 8. The second kappa shape index (κ2) is 11.9. The van der Waals surface area contributed by atoms with Crippen LogP contribution >= 0.6 is 0 Å². The average Bonchev–Trinajstić information content (AvgIpc) is 3.21. The quantitative estimate of drug-likeness (QED) is 0.186. The van der Waals surface area contributed by atoms with E-state index < -0.39 is 0 Å². The first-order valence-corrected chi connectivity index (χ1v) is 17.2. The lowest BCUT2D eigenvalue weighted by atomic mass is 9.89. The molecule has 0 N–H and O–H groups in total. The minimum atomic E-state index is 0.689. The van der Waals surface area contributed by atoms with Crippen LogP contribution in [-0.2, 0) is 0 Å². The Morgan fingerprint density at radius 2 is 0.980 bits per heavy atom. The number of hydrogen-bond acceptors (Lipinski definition) is 3. The van der Waals surface area contributed by atoms with Crippen LogP contribution in [0.2, 0.25) is 0 Å². The average molecular weight is 651 g/mol. The maximum absolute atomic E-state index is 6.61. The lowest BCUT2D eigenvalue weighted by Gasteiger charge is -2.23. The molecule has 0 unspecified atom stereocenters. The molecule has 1 aromatic heterocycles. The Morgan fingerprint density at radius 1 is 0.333 bits per heavy atom. The largest absolute Gasteiger partial charge is 0.456 e. The highest BCUT2D eigenvalue weighted by atomic mass is 16.5. The van der Waals surface area contributed by atoms with E-state index in [1.807, 2.05) is 24.3 Å². The molecule has 238 valence electrons. The zero-order chi connectivity index (χ0) is 33.7. The van der Waals surface area contributed by atoms with Crippen LogP contribution in [0.5, 0.6) is 11.5 Å². The molecule has 8 aromatic carbocycles. The first-order valence-electron chi connectivity index (χ1n) is 17.2. The van der Waals surface area contributed by atoms with E-state index in [2.05, 4.69) is 158 Å². The Kier molecular flexibility index (Phi) is 6.81. The topological polar surface area (TPSA) is 35.0 Å². The summed E-state index contributed by atoms with van der Waals surface area (Å²) in [6, 6.07) is 63.8. The SMILES string of the molecule is c1ccc(-c2cccc(-c3cc(-c4ccc5c(c4)-c4cccc6c(-c7ccc8ccccc8c7)ccc(c46)O5)nc(-c4ccccc4)n3)c2)cc1. The van der Waals surface area contributed by atoms with Gasteiger partial charge in [-0.25, -0.2) is 9.97 Å². The van der Waals surface area contributed by atoms with E-state index in [0.717, 1.165) is 61.7 Å². The van der Waals surface area contributed by atoms with Gasteiger partial charge in [-0.1, -0.05) is 140 Å². The summed E-state index contributed by atoms with van der Waals surface area (Å²) in [6.07, 6.45) is 0. The Hall–Kier alpha value is -6.84. The molecule has 0 radical (unpaired) electrons. The van der Waals surface area contributed by atoms with Crippen molar-refractivity contribution < 1.29 is 4.74 Å². The monoisotopic (exact) mass is 650 g/mol. The molecule has 1 aliphatic rings. The van der Waals surface area contributed by atoms with Crippen LogP contribution in [0.3, 0.4) is 0 Å². The number of rotatable bonds is 5. The third-order valence-electron chi connectivity index (χ3n) is 9.87. The van der Waals surface area contributed by atoms with Crippen molar-refractivity contribution in [3.63, 3.8) is 0 Å². The molecule has 3 heteroatoms. The smallest absolute Gasteiger partial charge is 0.160 e. The lowest BCUT2D eigenvalue weighted by molar-refractivity contribution is 0.487. The van der Waals surface area contributed by atoms with E-state index >= 15 is 0 Å². The van der Waals surface area contributed by atoms with Gasteiger partial charge in [-0.3, -0.25) is 0 Å². The van der Waals surface area contributed by atoms with Gasteiger partial charge >= 0.3 is 0 Å². The van der Waals surface area contributed by atoms with Gasteiger partial charge in [0.05, 0.1) is 11.4 Å². The van der Waals surface area contributed by atoms with Crippen LogP contribution < -0.4 is 4.74 Å². The van der Waals surface area contributed by atoms with E-state index in [9.17, 15) is 0 Å². The summed E-state index contributed by atoms with van der Waals surface area (Å²) in [5.41, 5.74) is 11.6. The first-order chi connectivity index (χ1) is 25.2. The summed E-state index contributed by atoms with van der Waals surface area (Å²) < 4.78 is 6.61. The number of nitrogens with zero attached hydrogens (tertiary/aromatic N) is 2. The molecule has 0 saturated carbocycles. The molecule has 0 amide bonds. The van der Waals surface area contributed by atoms with Crippen molar-refractivity contribution in [1.82, 2.24) is 9.97 Å². The number of aromatic nitrogens is 2. The fraction of sp³-hybridized carbons (Fsp3) is 0. The highest BCUT2D eigenvalue weighted by Crippen LogP contribution is 2.49. The van der Waals surface area contributed by atoms with Gasteiger partial charge in [0, 0.05) is 27.6 Å². The third kappa shape index (κ3) is 5.15. The maximum atomic E-state index is 6.61. The first kappa shape index (κ1) is 29.1. The van der Waals surface area contributed by atoms with E-state index in [1.165, 1.54) is 32.8 Å². The van der Waals surface area contributed by atoms with Crippen molar-refractivity contribution in [2.75, 3.05) is 0 Å². The van der Waals surface area contributed by atoms with Crippen LogP contribution in [-0.4, -0.2) is 9.97 Å². The number of fused-ring (bicyclic) bond motifs is 3. The predicted octanol–water partition coefficient (Wildman–Crippen LogP) is 12.9. The molecule has 0 bridgehead atoms. The summed E-state index contributed by atoms with van der Waals surface area (Å²) in [4.78, 5) is 10.3. The van der Waals surface area contributed by atoms with Crippen molar-refractivity contribution in [2.24, 2.45) is 0 Å². The van der Waals surface area contributed by atoms with Gasteiger partial charge < -0.3 is 4.74 Å². The van der Waals surface area contributed by atoms with E-state index in [0.29, 0.717) is 5.82 Å². The highest BCUT2D eigenvalue weighted by molar-refractivity contribution is 6.10. The predicted molar refractivity (Wildman–Crippen MR) is 210 cm³/mol. The van der Waals surface area contributed by atoms with Crippen molar-refractivity contribution in [1.29, 1.82) is 0 Å². The molecular formula is C48H30N2O. The molecule has 0 aliphatic carbocycles. The summed E-state index contributed by atoms with van der Waals surface area (Å²) >= 11 is 0. The molecule has 0 atom stereocenters. The van der Waals surface area contributed by atoms with Crippen LogP contribution in [0, 0.1) is 0 Å². The normalized spacial score (nSPS) is 11.7. The van der Waals surface area contributed by atoms with E-state index in [4.69, 9.17) is 14.7 Å². The number of hydrogen-bond donors (Lipinski definition) is 0. The van der Waals surface area contributed by atoms with E-state index in [-0.39, 0.29) is 0 Å². The molecule has 0 fully saturated rings. The minimum absolute atomic E-state index is 0.689. The van der Waals surface area contributed by atoms with Gasteiger partial charge in [0.2, 0.25) is 0 Å². The summed E-state index contributed by atoms with van der Waals surface area (Å²) in [7, 11) is 0. The van der Waals surface area contributed by atoms with Crippen LogP contribution in [0.1, 0.15) is 0 Å². The van der Waals surface area contributed by atoms with Crippen LogP contribution in [0.15, 0.2) is 182 Å². The van der Waals surface area contributed by atoms with Gasteiger partial charge in [-0.15, -0.1) is 0 Å². The fourth-order valence-electron chi connectivity index (χ4n) is 7.35. The third-order valence-corrected chi connectivity index (χ3v) is 9.87. The Morgan fingerprint density at radius 3 is 1.80 bits per heavy atom. The molecule has 9 aromatic rings. The van der Waals surface area contributed by atoms with Crippen molar-refractivity contribution in [3.05, 3.63) is 182 Å². The number of ether oxygens (including phenoxy) is 1. The standard InChI is InChI=1S/C48H30N2O/c1-3-11-31(12-4-1)35-17-9-18-37(28-35)43-30-44(50-48(49-43)33-14-5-2-6-15-33)38-23-25-45-42(29-38)41-20-10-19-40-39(24-26-46(51-45)47(40)41)36-22-21-32-13-7-8-16-34(32)27-36/h1-30H. The Labute approximate surface area is 296 Å². The molecule has 3 nitrogen and oxygen atoms in total. The molecule has 1 aliphatic heterocycles. The van der Waals surface area contributed by atoms with Gasteiger partial charge in [0.25, 0.3) is 0 Å². The molecule has 0 saturated heterocycles. The van der Waals surface area contributed by atoms with Crippen LogP contribution in [0.4, 0.5) is 0 Å². The van der Waals surface area contributed by atoms with E-state index in [1.54, 1.807) is 0 Å². The van der Waals surface area contributed by atoms with Crippen LogP contribution in [0.25, 0.3) is 88.8 Å². The fourth-order valence-corrected chi connectivity index (χ4v) is 7.35. The highest BCUT2D eigenvalue weighted by Gasteiger charge is 2.23. The lowest BCUT2D eigenvalue weighted by Crippen LogP contribution is -1.99. The van der Waals surface area contributed by atoms with Gasteiger partial charge in [0.1, 0.15) is 11.5 Å². The van der Waals surface area contributed by atoms with Gasteiger partial charge in [0.15, 0.2) is 5.82 Å². The second-order valence-electron chi connectivity index (χ2n) is 13.0. The van der Waals surface area contributed by atoms with Crippen molar-refractivity contribution in [2.45, 2.75) is 0 Å². The second-order valence-corrected chi connectivity index (χ2v) is 13.0. The maximum Gasteiger partial charge on any atom is 0.160 e. The van der Waals surface area contributed by atoms with Gasteiger partial charge in [-0.05, 0) is 86.4 Å². The summed E-state index contributed by atoms with van der Waals surface area (Å²) in [6.45, 7) is 0. The van der Waals surface area contributed by atoms with Gasteiger partial charge in [-0.2, -0.15) is 0 Å². The molecule has 2 heterocycles.